The zero-order valence-electron chi connectivity index (χ0n) is 13.0. The Kier molecular flexibility index (Phi) is 5.15. The van der Waals surface area contributed by atoms with E-state index in [9.17, 15) is 9.59 Å². The third kappa shape index (κ3) is 4.27. The molecule has 8 heteroatoms. The molecule has 1 aliphatic heterocycles. The first-order valence-electron chi connectivity index (χ1n) is 7.42. The molecule has 1 aromatic heterocycles. The molecule has 0 fully saturated rings. The average Bonchev–Trinajstić information content (AvgIpc) is 2.65. The van der Waals surface area contributed by atoms with Crippen LogP contribution in [0.15, 0.2) is 42.6 Å². The first-order valence-corrected chi connectivity index (χ1v) is 7.80. The van der Waals surface area contributed by atoms with Crippen molar-refractivity contribution in [3.05, 3.63) is 58.9 Å². The lowest BCUT2D eigenvalue weighted by Crippen LogP contribution is -2.41. The molecule has 1 aliphatic rings. The van der Waals surface area contributed by atoms with E-state index in [1.165, 1.54) is 18.3 Å². The summed E-state index contributed by atoms with van der Waals surface area (Å²) in [5, 5.41) is 0.403. The molecule has 128 valence electrons. The summed E-state index contributed by atoms with van der Waals surface area (Å²) in [6, 6.07) is 8.28. The molecule has 7 nitrogen and oxygen atoms in total. The van der Waals surface area contributed by atoms with E-state index in [0.717, 1.165) is 0 Å². The van der Waals surface area contributed by atoms with Crippen LogP contribution in [0.5, 0.6) is 11.5 Å². The number of aromatic nitrogens is 1. The second-order valence-corrected chi connectivity index (χ2v) is 5.43. The zero-order chi connectivity index (χ0) is 17.6. The summed E-state index contributed by atoms with van der Waals surface area (Å²) in [5.74, 6) is 0.0134. The number of carbonyl (C=O) groups excluding carboxylic acids is 2. The Labute approximate surface area is 148 Å². The van der Waals surface area contributed by atoms with Crippen LogP contribution in [0.4, 0.5) is 0 Å². The number of halogens is 1. The minimum absolute atomic E-state index is 0.199. The van der Waals surface area contributed by atoms with Crippen LogP contribution in [-0.2, 0) is 4.79 Å². The minimum Gasteiger partial charge on any atom is -0.486 e. The summed E-state index contributed by atoms with van der Waals surface area (Å²) in [6.07, 6.45) is 4.30. The molecule has 0 unspecified atom stereocenters. The van der Waals surface area contributed by atoms with Crippen LogP contribution in [0.3, 0.4) is 0 Å². The Morgan fingerprint density at radius 3 is 2.80 bits per heavy atom. The normalized spacial score (nSPS) is 12.7. The van der Waals surface area contributed by atoms with Gasteiger partial charge in [0.1, 0.15) is 18.9 Å². The molecule has 0 atom stereocenters. The number of nitrogens with one attached hydrogen (secondary N) is 2. The van der Waals surface area contributed by atoms with E-state index in [0.29, 0.717) is 35.3 Å². The van der Waals surface area contributed by atoms with Gasteiger partial charge in [-0.2, -0.15) is 0 Å². The maximum Gasteiger partial charge on any atom is 0.288 e. The lowest BCUT2D eigenvalue weighted by atomic mass is 10.1. The molecule has 0 spiro atoms. The second-order valence-electron chi connectivity index (χ2n) is 5.02. The first-order chi connectivity index (χ1) is 12.1. The van der Waals surface area contributed by atoms with Gasteiger partial charge in [-0.1, -0.05) is 17.7 Å². The summed E-state index contributed by atoms with van der Waals surface area (Å²) in [5.41, 5.74) is 5.41. The van der Waals surface area contributed by atoms with Crippen molar-refractivity contribution in [2.45, 2.75) is 0 Å². The van der Waals surface area contributed by atoms with E-state index in [4.69, 9.17) is 21.1 Å². The van der Waals surface area contributed by atoms with Crippen molar-refractivity contribution in [1.29, 1.82) is 0 Å². The highest BCUT2D eigenvalue weighted by atomic mass is 35.5. The summed E-state index contributed by atoms with van der Waals surface area (Å²) < 4.78 is 10.9. The Bertz CT molecular complexity index is 824. The number of amides is 2. The Balaban J connectivity index is 1.59. The van der Waals surface area contributed by atoms with Crippen LogP contribution in [0.2, 0.25) is 5.02 Å². The third-order valence-corrected chi connectivity index (χ3v) is 3.52. The number of nitrogens with zero attached hydrogens (tertiary/aromatic N) is 1. The fourth-order valence-electron chi connectivity index (χ4n) is 2.12. The Morgan fingerprint density at radius 2 is 2.00 bits per heavy atom. The fourth-order valence-corrected chi connectivity index (χ4v) is 2.39. The Morgan fingerprint density at radius 1 is 1.16 bits per heavy atom. The molecule has 0 bridgehead atoms. The monoisotopic (exact) mass is 359 g/mol. The van der Waals surface area contributed by atoms with Crippen molar-refractivity contribution in [3.63, 3.8) is 0 Å². The van der Waals surface area contributed by atoms with Crippen molar-refractivity contribution in [1.82, 2.24) is 15.8 Å². The summed E-state index contributed by atoms with van der Waals surface area (Å²) in [6.45, 7) is 0.886. The smallest absolute Gasteiger partial charge is 0.288 e. The average molecular weight is 360 g/mol. The number of fused-ring (bicyclic) bond motifs is 1. The third-order valence-electron chi connectivity index (χ3n) is 3.24. The maximum absolute atomic E-state index is 11.8. The summed E-state index contributed by atoms with van der Waals surface area (Å²) in [4.78, 5) is 27.5. The highest BCUT2D eigenvalue weighted by molar-refractivity contribution is 6.32. The molecular formula is C17H14ClN3O4. The van der Waals surface area contributed by atoms with Gasteiger partial charge in [0, 0.05) is 12.3 Å². The SMILES string of the molecule is O=C(/C=C/c1cc(Cl)c2c(c1)OCCO2)NNC(=O)c1ccccn1. The maximum atomic E-state index is 11.8. The van der Waals surface area contributed by atoms with E-state index < -0.39 is 11.8 Å². The van der Waals surface area contributed by atoms with Crippen molar-refractivity contribution in [2.75, 3.05) is 13.2 Å². The number of pyridine rings is 1. The van der Waals surface area contributed by atoms with E-state index in [2.05, 4.69) is 15.8 Å². The van der Waals surface area contributed by atoms with Crippen LogP contribution < -0.4 is 20.3 Å². The van der Waals surface area contributed by atoms with Gasteiger partial charge in [-0.25, -0.2) is 0 Å². The number of carbonyl (C=O) groups is 2. The van der Waals surface area contributed by atoms with E-state index >= 15 is 0 Å². The lowest BCUT2D eigenvalue weighted by Gasteiger charge is -2.19. The molecule has 25 heavy (non-hydrogen) atoms. The van der Waals surface area contributed by atoms with Crippen molar-refractivity contribution >= 4 is 29.5 Å². The predicted molar refractivity (Wildman–Crippen MR) is 91.3 cm³/mol. The topological polar surface area (TPSA) is 89.5 Å². The summed E-state index contributed by atoms with van der Waals surface area (Å²) >= 11 is 6.13. The molecule has 1 aromatic carbocycles. The molecular weight excluding hydrogens is 346 g/mol. The zero-order valence-corrected chi connectivity index (χ0v) is 13.7. The van der Waals surface area contributed by atoms with Crippen LogP contribution in [0, 0.1) is 0 Å². The molecule has 2 N–H and O–H groups in total. The van der Waals surface area contributed by atoms with E-state index in [1.807, 2.05) is 0 Å². The van der Waals surface area contributed by atoms with Gasteiger partial charge in [0.2, 0.25) is 0 Å². The number of ether oxygens (including phenoxy) is 2. The summed E-state index contributed by atoms with van der Waals surface area (Å²) in [7, 11) is 0. The van der Waals surface area contributed by atoms with Gasteiger partial charge in [-0.05, 0) is 35.9 Å². The second kappa shape index (κ2) is 7.67. The van der Waals surface area contributed by atoms with Crippen molar-refractivity contribution in [3.8, 4) is 11.5 Å². The molecule has 2 amide bonds. The van der Waals surface area contributed by atoms with Gasteiger partial charge in [0.25, 0.3) is 11.8 Å². The standard InChI is InChI=1S/C17H14ClN3O4/c18-12-9-11(10-14-16(12)25-8-7-24-14)4-5-15(22)20-21-17(23)13-3-1-2-6-19-13/h1-6,9-10H,7-8H2,(H,20,22)(H,21,23)/b5-4+. The molecule has 0 aliphatic carbocycles. The molecule has 0 saturated carbocycles. The van der Waals surface area contributed by atoms with Gasteiger partial charge < -0.3 is 9.47 Å². The van der Waals surface area contributed by atoms with Crippen molar-refractivity contribution in [2.24, 2.45) is 0 Å². The van der Waals surface area contributed by atoms with E-state index in [1.54, 1.807) is 30.3 Å². The lowest BCUT2D eigenvalue weighted by molar-refractivity contribution is -0.117. The predicted octanol–water partition coefficient (Wildman–Crippen LogP) is 1.98. The molecule has 0 radical (unpaired) electrons. The number of hydrogen-bond acceptors (Lipinski definition) is 5. The van der Waals surface area contributed by atoms with Crippen LogP contribution >= 0.6 is 11.6 Å². The van der Waals surface area contributed by atoms with Crippen LogP contribution in [0.25, 0.3) is 6.08 Å². The van der Waals surface area contributed by atoms with Gasteiger partial charge in [-0.3, -0.25) is 25.4 Å². The van der Waals surface area contributed by atoms with Gasteiger partial charge in [0.05, 0.1) is 5.02 Å². The quantitative estimate of drug-likeness (QED) is 0.646. The number of hydrazine groups is 1. The minimum atomic E-state index is -0.510. The van der Waals surface area contributed by atoms with Gasteiger partial charge >= 0.3 is 0 Å². The Hall–Kier alpha value is -3.06. The van der Waals surface area contributed by atoms with Gasteiger partial charge in [-0.15, -0.1) is 0 Å². The largest absolute Gasteiger partial charge is 0.486 e. The highest BCUT2D eigenvalue weighted by Gasteiger charge is 2.16. The van der Waals surface area contributed by atoms with E-state index in [-0.39, 0.29) is 5.69 Å². The number of benzene rings is 1. The molecule has 2 aromatic rings. The molecule has 3 rings (SSSR count). The first kappa shape index (κ1) is 16.8. The number of hydrogen-bond donors (Lipinski definition) is 2. The molecule has 2 heterocycles. The van der Waals surface area contributed by atoms with Crippen LogP contribution in [-0.4, -0.2) is 30.0 Å². The number of rotatable bonds is 3. The van der Waals surface area contributed by atoms with Crippen molar-refractivity contribution < 1.29 is 19.1 Å². The van der Waals surface area contributed by atoms with Crippen LogP contribution in [0.1, 0.15) is 16.1 Å². The molecule has 0 saturated heterocycles. The fraction of sp³-hybridized carbons (Fsp3) is 0.118. The highest BCUT2D eigenvalue weighted by Crippen LogP contribution is 2.38. The van der Waals surface area contributed by atoms with Gasteiger partial charge in [0.15, 0.2) is 11.5 Å².